The van der Waals surface area contributed by atoms with Crippen LogP contribution in [0.3, 0.4) is 0 Å². The van der Waals surface area contributed by atoms with Crippen molar-refractivity contribution in [2.24, 2.45) is 0 Å². The van der Waals surface area contributed by atoms with E-state index in [1.807, 2.05) is 0 Å². The smallest absolute Gasteiger partial charge is 0.462 e. The fourth-order valence-corrected chi connectivity index (χ4v) is 6.19. The molecule has 0 spiro atoms. The minimum absolute atomic E-state index is 0.156. The molecule has 0 aliphatic heterocycles. The Hall–Kier alpha value is -2.07. The zero-order valence-electron chi connectivity index (χ0n) is 33.9. The van der Waals surface area contributed by atoms with Crippen LogP contribution in [0.1, 0.15) is 174 Å². The molecule has 10 nitrogen and oxygen atoms in total. The number of allylic oxidation sites excluding steroid dienone is 8. The number of phosphoric ester groups is 1. The lowest BCUT2D eigenvalue weighted by molar-refractivity contribution is -0.161. The van der Waals surface area contributed by atoms with Gasteiger partial charge in [0.25, 0.3) is 0 Å². The summed E-state index contributed by atoms with van der Waals surface area (Å²) in [6.07, 6.45) is 40.7. The van der Waals surface area contributed by atoms with Crippen LogP contribution in [0.2, 0.25) is 0 Å². The van der Waals surface area contributed by atoms with Crippen molar-refractivity contribution < 1.29 is 47.8 Å². The molecule has 0 aliphatic carbocycles. The third kappa shape index (κ3) is 38.2. The lowest BCUT2D eigenvalue weighted by Crippen LogP contribution is -2.29. The minimum Gasteiger partial charge on any atom is -0.462 e. The summed E-state index contributed by atoms with van der Waals surface area (Å²) in [5.41, 5.74) is 0. The summed E-state index contributed by atoms with van der Waals surface area (Å²) in [4.78, 5) is 34.9. The molecule has 0 heterocycles. The van der Waals surface area contributed by atoms with Gasteiger partial charge >= 0.3 is 19.8 Å². The van der Waals surface area contributed by atoms with Crippen LogP contribution in [0.5, 0.6) is 0 Å². The fraction of sp³-hybridized carbons (Fsp3) is 0.767. The second-order valence-electron chi connectivity index (χ2n) is 14.0. The largest absolute Gasteiger partial charge is 0.472 e. The SMILES string of the molecule is CCCCC/C=C\C/C=C\C/C=C\CCCCCCC(=O)O[C@H](COC(=O)CCCCCCC/C=C\CCCCCCC)COP(=O)(O)OC[C@@H](O)CO. The van der Waals surface area contributed by atoms with Crippen molar-refractivity contribution in [2.75, 3.05) is 26.4 Å². The second-order valence-corrected chi connectivity index (χ2v) is 15.5. The average molecular weight is 785 g/mol. The van der Waals surface area contributed by atoms with Crippen molar-refractivity contribution in [3.05, 3.63) is 48.6 Å². The van der Waals surface area contributed by atoms with Crippen molar-refractivity contribution >= 4 is 19.8 Å². The summed E-state index contributed by atoms with van der Waals surface area (Å²) < 4.78 is 32.6. The van der Waals surface area contributed by atoms with Gasteiger partial charge in [0.15, 0.2) is 6.10 Å². The van der Waals surface area contributed by atoms with Gasteiger partial charge in [-0.15, -0.1) is 0 Å². The van der Waals surface area contributed by atoms with Gasteiger partial charge in [0, 0.05) is 12.8 Å². The van der Waals surface area contributed by atoms with Gasteiger partial charge in [0.2, 0.25) is 0 Å². The molecule has 0 amide bonds. The van der Waals surface area contributed by atoms with Gasteiger partial charge in [-0.25, -0.2) is 4.57 Å². The van der Waals surface area contributed by atoms with Gasteiger partial charge in [-0.05, 0) is 77.0 Å². The molecule has 0 aromatic heterocycles. The Morgan fingerprint density at radius 3 is 1.50 bits per heavy atom. The first kappa shape index (κ1) is 51.9. The number of aliphatic hydroxyl groups is 2. The Morgan fingerprint density at radius 1 is 0.556 bits per heavy atom. The molecule has 0 radical (unpaired) electrons. The second kappa shape index (κ2) is 39.2. The van der Waals surface area contributed by atoms with Crippen molar-refractivity contribution in [3.8, 4) is 0 Å². The highest BCUT2D eigenvalue weighted by molar-refractivity contribution is 7.47. The van der Waals surface area contributed by atoms with Crippen molar-refractivity contribution in [3.63, 3.8) is 0 Å². The Balaban J connectivity index is 4.38. The zero-order valence-corrected chi connectivity index (χ0v) is 34.8. The standard InChI is InChI=1S/C43H77O10P/c1-3-5-7-9-11-13-15-17-19-20-21-23-25-27-29-31-33-35-43(47)53-41(39-52-54(48,49)51-37-40(45)36-44)38-50-42(46)34-32-30-28-26-24-22-18-16-14-12-10-8-6-4-2/h11,13,16-19,21,23,40-41,44-45H,3-10,12,14-15,20,22,24-39H2,1-2H3,(H,48,49)/b13-11-,18-16-,19-17-,23-21-/t40-,41+/m0/s1. The predicted octanol–water partition coefficient (Wildman–Crippen LogP) is 10.9. The number of aliphatic hydroxyl groups excluding tert-OH is 2. The number of rotatable bonds is 39. The van der Waals surface area contributed by atoms with E-state index in [-0.39, 0.29) is 19.4 Å². The van der Waals surface area contributed by atoms with Crippen LogP contribution in [0.15, 0.2) is 48.6 Å². The maximum absolute atomic E-state index is 12.6. The number of carbonyl (C=O) groups excluding carboxylic acids is 2. The highest BCUT2D eigenvalue weighted by atomic mass is 31.2. The molecular formula is C43H77O10P. The molecule has 314 valence electrons. The van der Waals surface area contributed by atoms with Gasteiger partial charge in [0.05, 0.1) is 19.8 Å². The highest BCUT2D eigenvalue weighted by Crippen LogP contribution is 2.43. The first-order valence-corrected chi connectivity index (χ1v) is 22.6. The van der Waals surface area contributed by atoms with E-state index in [4.69, 9.17) is 19.1 Å². The molecule has 0 bridgehead atoms. The van der Waals surface area contributed by atoms with Crippen LogP contribution in [0, 0.1) is 0 Å². The first-order valence-electron chi connectivity index (χ1n) is 21.1. The summed E-state index contributed by atoms with van der Waals surface area (Å²) in [6, 6.07) is 0. The molecule has 0 aromatic carbocycles. The molecule has 0 aliphatic rings. The van der Waals surface area contributed by atoms with E-state index in [0.717, 1.165) is 77.0 Å². The third-order valence-corrected chi connectivity index (χ3v) is 9.66. The van der Waals surface area contributed by atoms with E-state index >= 15 is 0 Å². The summed E-state index contributed by atoms with van der Waals surface area (Å²) in [5, 5.41) is 18.3. The molecule has 0 aromatic rings. The number of unbranched alkanes of at least 4 members (excludes halogenated alkanes) is 17. The lowest BCUT2D eigenvalue weighted by Gasteiger charge is -2.20. The Labute approximate surface area is 328 Å². The molecule has 0 fully saturated rings. The fourth-order valence-electron chi connectivity index (χ4n) is 5.40. The number of carbonyl (C=O) groups is 2. The zero-order chi connectivity index (χ0) is 39.8. The van der Waals surface area contributed by atoms with Crippen LogP contribution >= 0.6 is 7.82 Å². The van der Waals surface area contributed by atoms with Crippen LogP contribution in [0.25, 0.3) is 0 Å². The number of esters is 2. The van der Waals surface area contributed by atoms with Crippen molar-refractivity contribution in [1.82, 2.24) is 0 Å². The summed E-state index contributed by atoms with van der Waals surface area (Å²) in [7, 11) is -4.62. The van der Waals surface area contributed by atoms with E-state index in [1.165, 1.54) is 57.8 Å². The molecule has 0 saturated heterocycles. The quantitative estimate of drug-likeness (QED) is 0.0238. The maximum atomic E-state index is 12.6. The van der Waals surface area contributed by atoms with E-state index in [0.29, 0.717) is 12.8 Å². The van der Waals surface area contributed by atoms with E-state index in [1.54, 1.807) is 0 Å². The van der Waals surface area contributed by atoms with Crippen molar-refractivity contribution in [1.29, 1.82) is 0 Å². The Kier molecular flexibility index (Phi) is 37.7. The van der Waals surface area contributed by atoms with Crippen LogP contribution in [0.4, 0.5) is 0 Å². The monoisotopic (exact) mass is 785 g/mol. The van der Waals surface area contributed by atoms with Gasteiger partial charge in [-0.1, -0.05) is 133 Å². The molecule has 54 heavy (non-hydrogen) atoms. The van der Waals surface area contributed by atoms with Gasteiger partial charge in [0.1, 0.15) is 12.7 Å². The van der Waals surface area contributed by atoms with Gasteiger partial charge in [-0.3, -0.25) is 18.6 Å². The minimum atomic E-state index is -4.62. The number of hydrogen-bond acceptors (Lipinski definition) is 9. The van der Waals surface area contributed by atoms with E-state index in [2.05, 4.69) is 67.0 Å². The van der Waals surface area contributed by atoms with E-state index < -0.39 is 51.8 Å². The number of phosphoric acid groups is 1. The van der Waals surface area contributed by atoms with Crippen LogP contribution in [-0.2, 0) is 32.7 Å². The lowest BCUT2D eigenvalue weighted by atomic mass is 10.1. The molecule has 3 atom stereocenters. The Bertz CT molecular complexity index is 1040. The predicted molar refractivity (Wildman–Crippen MR) is 219 cm³/mol. The maximum Gasteiger partial charge on any atom is 0.472 e. The summed E-state index contributed by atoms with van der Waals surface area (Å²) in [6.45, 7) is 2.30. The number of hydrogen-bond donors (Lipinski definition) is 3. The summed E-state index contributed by atoms with van der Waals surface area (Å²) >= 11 is 0. The molecule has 3 N–H and O–H groups in total. The summed E-state index contributed by atoms with van der Waals surface area (Å²) in [5.74, 6) is -0.962. The average Bonchev–Trinajstić information content (AvgIpc) is 3.16. The molecule has 0 rings (SSSR count). The highest BCUT2D eigenvalue weighted by Gasteiger charge is 2.27. The Morgan fingerprint density at radius 2 is 0.963 bits per heavy atom. The molecule has 0 saturated carbocycles. The topological polar surface area (TPSA) is 149 Å². The van der Waals surface area contributed by atoms with E-state index in [9.17, 15) is 24.2 Å². The van der Waals surface area contributed by atoms with Crippen LogP contribution in [-0.4, -0.2) is 65.7 Å². The molecule has 1 unspecified atom stereocenters. The molecular weight excluding hydrogens is 707 g/mol. The van der Waals surface area contributed by atoms with Crippen molar-refractivity contribution in [2.45, 2.75) is 187 Å². The van der Waals surface area contributed by atoms with Gasteiger partial charge < -0.3 is 24.6 Å². The van der Waals surface area contributed by atoms with Crippen LogP contribution < -0.4 is 0 Å². The van der Waals surface area contributed by atoms with Gasteiger partial charge in [-0.2, -0.15) is 0 Å². The number of ether oxygens (including phenoxy) is 2. The first-order chi connectivity index (χ1) is 26.2. The normalized spacial score (nSPS) is 14.4. The third-order valence-electron chi connectivity index (χ3n) is 8.71. The molecule has 11 heteroatoms.